The summed E-state index contributed by atoms with van der Waals surface area (Å²) in [6.07, 6.45) is 4.78. The van der Waals surface area contributed by atoms with Crippen LogP contribution in [0.2, 0.25) is 0 Å². The van der Waals surface area contributed by atoms with Crippen LogP contribution in [0.15, 0.2) is 12.4 Å². The summed E-state index contributed by atoms with van der Waals surface area (Å²) < 4.78 is 24.3. The molecule has 0 saturated carbocycles. The molecule has 3 rings (SSSR count). The Hall–Kier alpha value is -1.54. The molecule has 2 fully saturated rings. The van der Waals surface area contributed by atoms with Gasteiger partial charge in [0.2, 0.25) is 0 Å². The Morgan fingerprint density at radius 1 is 1.17 bits per heavy atom. The first-order valence-corrected chi connectivity index (χ1v) is 10.3. The molecule has 3 heterocycles. The number of amides is 1. The fourth-order valence-corrected chi connectivity index (χ4v) is 5.67. The van der Waals surface area contributed by atoms with Gasteiger partial charge < -0.3 is 4.90 Å². The van der Waals surface area contributed by atoms with Gasteiger partial charge in [-0.1, -0.05) is 13.8 Å². The molecule has 1 amide bonds. The van der Waals surface area contributed by atoms with Gasteiger partial charge in [0.1, 0.15) is 5.82 Å². The molecule has 2 atom stereocenters. The molecule has 1 aromatic rings. The topological polar surface area (TPSA) is 83.5 Å². The molecular weight excluding hydrogens is 328 g/mol. The van der Waals surface area contributed by atoms with Gasteiger partial charge >= 0.3 is 0 Å². The maximum atomic E-state index is 12.9. The third kappa shape index (κ3) is 3.30. The number of aromatic nitrogens is 2. The molecule has 2 aliphatic rings. The summed E-state index contributed by atoms with van der Waals surface area (Å²) in [5, 5.41) is 0. The van der Waals surface area contributed by atoms with E-state index in [0.717, 1.165) is 13.0 Å². The number of piperazine rings is 1. The Kier molecular flexibility index (Phi) is 4.87. The first-order valence-electron chi connectivity index (χ1n) is 8.51. The van der Waals surface area contributed by atoms with Crippen molar-refractivity contribution in [2.45, 2.75) is 38.8 Å². The molecule has 24 heavy (non-hydrogen) atoms. The number of hydrogen-bond acceptors (Lipinski definition) is 6. The first kappa shape index (κ1) is 17.3. The highest BCUT2D eigenvalue weighted by Crippen LogP contribution is 2.28. The van der Waals surface area contributed by atoms with Crippen molar-refractivity contribution in [2.24, 2.45) is 0 Å². The summed E-state index contributed by atoms with van der Waals surface area (Å²) >= 11 is 0. The van der Waals surface area contributed by atoms with Crippen molar-refractivity contribution in [3.63, 3.8) is 0 Å². The van der Waals surface area contributed by atoms with Crippen LogP contribution in [0.25, 0.3) is 0 Å². The second-order valence-corrected chi connectivity index (χ2v) is 8.64. The minimum atomic E-state index is -3.11. The Balaban J connectivity index is 1.83. The summed E-state index contributed by atoms with van der Waals surface area (Å²) in [6, 6.07) is -0.364. The van der Waals surface area contributed by atoms with Crippen molar-refractivity contribution in [2.75, 3.05) is 31.1 Å². The quantitative estimate of drug-likeness (QED) is 0.779. The van der Waals surface area contributed by atoms with Gasteiger partial charge in [0.05, 0.1) is 23.1 Å². The number of nitrogens with zero attached hydrogens (tertiary/aromatic N) is 4. The summed E-state index contributed by atoms with van der Waals surface area (Å²) in [5.41, 5.74) is 0.430. The van der Waals surface area contributed by atoms with E-state index in [2.05, 4.69) is 21.8 Å². The molecule has 0 aromatic carbocycles. The molecule has 8 heteroatoms. The van der Waals surface area contributed by atoms with E-state index < -0.39 is 9.84 Å². The van der Waals surface area contributed by atoms with E-state index in [9.17, 15) is 13.2 Å². The predicted octanol–water partition coefficient (Wildman–Crippen LogP) is 0.372. The molecule has 0 bridgehead atoms. The lowest BCUT2D eigenvalue weighted by molar-refractivity contribution is 0.0332. The molecule has 0 radical (unpaired) electrons. The Bertz CT molecular complexity index is 705. The van der Waals surface area contributed by atoms with Crippen LogP contribution in [-0.2, 0) is 16.3 Å². The van der Waals surface area contributed by atoms with Crippen molar-refractivity contribution < 1.29 is 13.2 Å². The number of rotatable bonds is 4. The third-order valence-electron chi connectivity index (χ3n) is 4.83. The van der Waals surface area contributed by atoms with Crippen LogP contribution in [0.3, 0.4) is 0 Å². The van der Waals surface area contributed by atoms with E-state index in [1.54, 1.807) is 17.3 Å². The zero-order chi connectivity index (χ0) is 17.3. The molecule has 0 spiro atoms. The molecule has 2 aliphatic heterocycles. The highest BCUT2D eigenvalue weighted by molar-refractivity contribution is 7.91. The van der Waals surface area contributed by atoms with Crippen LogP contribution >= 0.6 is 0 Å². The first-order chi connectivity index (χ1) is 11.4. The lowest BCUT2D eigenvalue weighted by Crippen LogP contribution is -2.60. The van der Waals surface area contributed by atoms with Crippen molar-refractivity contribution >= 4 is 15.7 Å². The third-order valence-corrected chi connectivity index (χ3v) is 6.53. The normalized spacial score (nSPS) is 26.3. The minimum absolute atomic E-state index is 0.0531. The van der Waals surface area contributed by atoms with Gasteiger partial charge in [0, 0.05) is 37.9 Å². The molecule has 1 aromatic heterocycles. The van der Waals surface area contributed by atoms with Gasteiger partial charge in [-0.25, -0.2) is 18.4 Å². The maximum absolute atomic E-state index is 12.9. The van der Waals surface area contributed by atoms with E-state index in [4.69, 9.17) is 0 Å². The van der Waals surface area contributed by atoms with Gasteiger partial charge in [-0.2, -0.15) is 0 Å². The van der Waals surface area contributed by atoms with Gasteiger partial charge in [0.15, 0.2) is 9.84 Å². The standard InChI is InChI=1S/C16H24N4O3S/c1-3-5-19-6-7-20(14-11-24(22,23)10-13(14)19)16(21)12-8-17-15(4-2)18-9-12/h8-9,13-14H,3-7,10-11H2,1-2H3/t13-,14+/m1/s1. The van der Waals surface area contributed by atoms with Crippen molar-refractivity contribution in [1.82, 2.24) is 19.8 Å². The van der Waals surface area contributed by atoms with Gasteiger partial charge in [0.25, 0.3) is 5.91 Å². The number of aryl methyl sites for hydroxylation is 1. The van der Waals surface area contributed by atoms with Gasteiger partial charge in [-0.05, 0) is 13.0 Å². The van der Waals surface area contributed by atoms with Crippen LogP contribution in [0.4, 0.5) is 0 Å². The molecule has 2 saturated heterocycles. The number of sulfone groups is 1. The van der Waals surface area contributed by atoms with Crippen LogP contribution in [0.5, 0.6) is 0 Å². The SMILES string of the molecule is CCCN1CCN(C(=O)c2cnc(CC)nc2)[C@H]2CS(=O)(=O)C[C@H]21. The van der Waals surface area contributed by atoms with Crippen LogP contribution in [-0.4, -0.2) is 77.3 Å². The highest BCUT2D eigenvalue weighted by Gasteiger charge is 2.47. The van der Waals surface area contributed by atoms with E-state index in [1.807, 2.05) is 6.92 Å². The number of fused-ring (bicyclic) bond motifs is 1. The summed E-state index contributed by atoms with van der Waals surface area (Å²) in [7, 11) is -3.11. The van der Waals surface area contributed by atoms with Crippen LogP contribution < -0.4 is 0 Å². The Morgan fingerprint density at radius 2 is 1.83 bits per heavy atom. The minimum Gasteiger partial charge on any atom is -0.332 e. The van der Waals surface area contributed by atoms with Gasteiger partial charge in [-0.15, -0.1) is 0 Å². The van der Waals surface area contributed by atoms with Crippen LogP contribution in [0.1, 0.15) is 36.5 Å². The van der Waals surface area contributed by atoms with E-state index in [1.165, 1.54) is 0 Å². The zero-order valence-electron chi connectivity index (χ0n) is 14.2. The second-order valence-electron chi connectivity index (χ2n) is 6.49. The van der Waals surface area contributed by atoms with Crippen LogP contribution in [0, 0.1) is 0 Å². The lowest BCUT2D eigenvalue weighted by atomic mass is 10.0. The van der Waals surface area contributed by atoms with Crippen molar-refractivity contribution in [3.05, 3.63) is 23.8 Å². The smallest absolute Gasteiger partial charge is 0.257 e. The number of carbonyl (C=O) groups excluding carboxylic acids is 1. The number of hydrogen-bond donors (Lipinski definition) is 0. The Morgan fingerprint density at radius 3 is 2.46 bits per heavy atom. The average molecular weight is 352 g/mol. The maximum Gasteiger partial charge on any atom is 0.257 e. The number of carbonyl (C=O) groups is 1. The molecule has 7 nitrogen and oxygen atoms in total. The molecule has 132 valence electrons. The molecular formula is C16H24N4O3S. The zero-order valence-corrected chi connectivity index (χ0v) is 15.0. The molecule has 0 N–H and O–H groups in total. The fraction of sp³-hybridized carbons (Fsp3) is 0.688. The van der Waals surface area contributed by atoms with E-state index >= 15 is 0 Å². The average Bonchev–Trinajstić information content (AvgIpc) is 2.90. The molecule has 0 aliphatic carbocycles. The second kappa shape index (κ2) is 6.76. The largest absolute Gasteiger partial charge is 0.332 e. The van der Waals surface area contributed by atoms with Gasteiger partial charge in [-0.3, -0.25) is 9.69 Å². The monoisotopic (exact) mass is 352 g/mol. The summed E-state index contributed by atoms with van der Waals surface area (Å²) in [4.78, 5) is 25.2. The van der Waals surface area contributed by atoms with E-state index in [0.29, 0.717) is 30.9 Å². The van der Waals surface area contributed by atoms with E-state index in [-0.39, 0.29) is 29.5 Å². The van der Waals surface area contributed by atoms with Crippen molar-refractivity contribution in [1.29, 1.82) is 0 Å². The fourth-order valence-electron chi connectivity index (χ4n) is 3.66. The lowest BCUT2D eigenvalue weighted by Gasteiger charge is -2.43. The van der Waals surface area contributed by atoms with Crippen molar-refractivity contribution in [3.8, 4) is 0 Å². The Labute approximate surface area is 143 Å². The molecule has 0 unspecified atom stereocenters. The summed E-state index contributed by atoms with van der Waals surface area (Å²) in [5.74, 6) is 0.728. The summed E-state index contributed by atoms with van der Waals surface area (Å²) in [6.45, 7) is 6.17. The highest BCUT2D eigenvalue weighted by atomic mass is 32.2. The predicted molar refractivity (Wildman–Crippen MR) is 90.5 cm³/mol.